The number of carboxylic acids is 1. The van der Waals surface area contributed by atoms with Crippen molar-refractivity contribution >= 4 is 23.6 Å². The molecule has 0 aromatic heterocycles. The second-order valence-corrected chi connectivity index (χ2v) is 6.79. The quantitative estimate of drug-likeness (QED) is 0.720. The van der Waals surface area contributed by atoms with E-state index >= 15 is 0 Å². The maximum atomic E-state index is 11.9. The van der Waals surface area contributed by atoms with Crippen molar-refractivity contribution in [1.29, 1.82) is 0 Å². The van der Waals surface area contributed by atoms with E-state index in [0.29, 0.717) is 18.8 Å². The fourth-order valence-electron chi connectivity index (χ4n) is 2.72. The van der Waals surface area contributed by atoms with Gasteiger partial charge in [0.2, 0.25) is 5.91 Å². The van der Waals surface area contributed by atoms with Gasteiger partial charge in [-0.05, 0) is 31.6 Å². The van der Waals surface area contributed by atoms with Crippen LogP contribution in [0.4, 0.5) is 0 Å². The molecule has 2 aliphatic rings. The van der Waals surface area contributed by atoms with Crippen LogP contribution in [0.3, 0.4) is 0 Å². The molecule has 3 N–H and O–H groups in total. The molecule has 0 aromatic rings. The molecule has 1 saturated carbocycles. The SMILES string of the molecule is CC1CCC(CNC(=O)C2CSCN2)(C(=O)O)CC1. The van der Waals surface area contributed by atoms with Crippen molar-refractivity contribution in [3.63, 3.8) is 0 Å². The van der Waals surface area contributed by atoms with Crippen LogP contribution in [-0.2, 0) is 9.59 Å². The minimum absolute atomic E-state index is 0.0655. The fourth-order valence-corrected chi connectivity index (χ4v) is 3.67. The van der Waals surface area contributed by atoms with Gasteiger partial charge < -0.3 is 10.4 Å². The van der Waals surface area contributed by atoms with Gasteiger partial charge >= 0.3 is 5.97 Å². The van der Waals surface area contributed by atoms with E-state index in [1.807, 2.05) is 0 Å². The number of hydrogen-bond acceptors (Lipinski definition) is 4. The van der Waals surface area contributed by atoms with E-state index in [4.69, 9.17) is 0 Å². The summed E-state index contributed by atoms with van der Waals surface area (Å²) in [5.74, 6) is 1.32. The molecule has 0 radical (unpaired) electrons. The van der Waals surface area contributed by atoms with E-state index in [-0.39, 0.29) is 18.5 Å². The third-order valence-electron chi connectivity index (χ3n) is 4.32. The molecule has 2 rings (SSSR count). The largest absolute Gasteiger partial charge is 0.481 e. The molecule has 6 heteroatoms. The number of amides is 1. The van der Waals surface area contributed by atoms with E-state index in [9.17, 15) is 14.7 Å². The summed E-state index contributed by atoms with van der Waals surface area (Å²) in [7, 11) is 0. The lowest BCUT2D eigenvalue weighted by Gasteiger charge is -2.36. The Kier molecular flexibility index (Phi) is 4.73. The average Bonchev–Trinajstić information content (AvgIpc) is 2.92. The molecule has 2 fully saturated rings. The zero-order valence-electron chi connectivity index (χ0n) is 11.3. The monoisotopic (exact) mass is 286 g/mol. The average molecular weight is 286 g/mol. The normalized spacial score (nSPS) is 35.0. The first-order valence-corrected chi connectivity index (χ1v) is 8.01. The molecule has 1 saturated heterocycles. The summed E-state index contributed by atoms with van der Waals surface area (Å²) in [6.07, 6.45) is 3.19. The van der Waals surface area contributed by atoms with Gasteiger partial charge in [0, 0.05) is 18.2 Å². The molecule has 1 atom stereocenters. The summed E-state index contributed by atoms with van der Waals surface area (Å²) < 4.78 is 0. The molecule has 0 bridgehead atoms. The highest BCUT2D eigenvalue weighted by atomic mass is 32.2. The highest BCUT2D eigenvalue weighted by Crippen LogP contribution is 2.38. The Balaban J connectivity index is 1.90. The van der Waals surface area contributed by atoms with Gasteiger partial charge in [-0.2, -0.15) is 0 Å². The summed E-state index contributed by atoms with van der Waals surface area (Å²) in [5.41, 5.74) is -0.756. The molecule has 1 aliphatic carbocycles. The molecular weight excluding hydrogens is 264 g/mol. The van der Waals surface area contributed by atoms with Gasteiger partial charge in [-0.1, -0.05) is 6.92 Å². The lowest BCUT2D eigenvalue weighted by atomic mass is 9.71. The van der Waals surface area contributed by atoms with Crippen molar-refractivity contribution in [3.05, 3.63) is 0 Å². The van der Waals surface area contributed by atoms with Crippen molar-refractivity contribution in [2.24, 2.45) is 11.3 Å². The predicted molar refractivity (Wildman–Crippen MR) is 75.0 cm³/mol. The van der Waals surface area contributed by atoms with Crippen LogP contribution in [0.25, 0.3) is 0 Å². The summed E-state index contributed by atoms with van der Waals surface area (Å²) >= 11 is 1.69. The summed E-state index contributed by atoms with van der Waals surface area (Å²) in [5, 5.41) is 15.4. The minimum atomic E-state index is -0.770. The van der Waals surface area contributed by atoms with Crippen LogP contribution in [0.15, 0.2) is 0 Å². The van der Waals surface area contributed by atoms with Crippen molar-refractivity contribution in [2.45, 2.75) is 38.6 Å². The molecular formula is C13H22N2O3S. The lowest BCUT2D eigenvalue weighted by molar-refractivity contribution is -0.151. The highest BCUT2D eigenvalue weighted by molar-refractivity contribution is 7.99. The molecule has 1 aliphatic heterocycles. The number of aliphatic carboxylic acids is 1. The lowest BCUT2D eigenvalue weighted by Crippen LogP contribution is -2.49. The van der Waals surface area contributed by atoms with Crippen LogP contribution in [0.5, 0.6) is 0 Å². The van der Waals surface area contributed by atoms with Crippen LogP contribution in [-0.4, -0.2) is 41.2 Å². The summed E-state index contributed by atoms with van der Waals surface area (Å²) in [6, 6.07) is -0.168. The number of rotatable bonds is 4. The first-order valence-electron chi connectivity index (χ1n) is 6.86. The van der Waals surface area contributed by atoms with E-state index in [1.54, 1.807) is 11.8 Å². The summed E-state index contributed by atoms with van der Waals surface area (Å²) in [6.45, 7) is 2.42. The molecule has 1 unspecified atom stereocenters. The van der Waals surface area contributed by atoms with Crippen LogP contribution in [0.2, 0.25) is 0 Å². The topological polar surface area (TPSA) is 78.4 Å². The Morgan fingerprint density at radius 2 is 2.11 bits per heavy atom. The van der Waals surface area contributed by atoms with Gasteiger partial charge in [0.1, 0.15) is 0 Å². The van der Waals surface area contributed by atoms with Crippen LogP contribution < -0.4 is 10.6 Å². The van der Waals surface area contributed by atoms with Crippen molar-refractivity contribution in [2.75, 3.05) is 18.2 Å². The zero-order valence-corrected chi connectivity index (χ0v) is 12.1. The first kappa shape index (κ1) is 14.7. The second-order valence-electron chi connectivity index (χ2n) is 5.76. The molecule has 1 heterocycles. The minimum Gasteiger partial charge on any atom is -0.481 e. The molecule has 0 spiro atoms. The zero-order chi connectivity index (χ0) is 13.9. The maximum Gasteiger partial charge on any atom is 0.311 e. The van der Waals surface area contributed by atoms with Crippen LogP contribution in [0, 0.1) is 11.3 Å². The first-order chi connectivity index (χ1) is 9.03. The molecule has 108 valence electrons. The Morgan fingerprint density at radius 1 is 1.42 bits per heavy atom. The van der Waals surface area contributed by atoms with Crippen molar-refractivity contribution < 1.29 is 14.7 Å². The predicted octanol–water partition coefficient (Wildman–Crippen LogP) is 1.05. The molecule has 1 amide bonds. The Hall–Kier alpha value is -0.750. The Labute approximate surface area is 117 Å². The van der Waals surface area contributed by atoms with Gasteiger partial charge in [-0.25, -0.2) is 0 Å². The Bertz CT molecular complexity index is 348. The second kappa shape index (κ2) is 6.13. The van der Waals surface area contributed by atoms with E-state index in [2.05, 4.69) is 17.6 Å². The van der Waals surface area contributed by atoms with Crippen molar-refractivity contribution in [3.8, 4) is 0 Å². The number of carbonyl (C=O) groups excluding carboxylic acids is 1. The van der Waals surface area contributed by atoms with Crippen LogP contribution >= 0.6 is 11.8 Å². The summed E-state index contributed by atoms with van der Waals surface area (Å²) in [4.78, 5) is 23.5. The number of carbonyl (C=O) groups is 2. The fraction of sp³-hybridized carbons (Fsp3) is 0.846. The number of hydrogen-bond donors (Lipinski definition) is 3. The highest BCUT2D eigenvalue weighted by Gasteiger charge is 2.41. The van der Waals surface area contributed by atoms with Gasteiger partial charge in [0.25, 0.3) is 0 Å². The molecule has 19 heavy (non-hydrogen) atoms. The van der Waals surface area contributed by atoms with Gasteiger partial charge in [-0.15, -0.1) is 11.8 Å². The van der Waals surface area contributed by atoms with Crippen molar-refractivity contribution in [1.82, 2.24) is 10.6 Å². The van der Waals surface area contributed by atoms with Gasteiger partial charge in [0.15, 0.2) is 0 Å². The number of carboxylic acid groups (broad SMARTS) is 1. The van der Waals surface area contributed by atoms with E-state index in [0.717, 1.165) is 24.5 Å². The maximum absolute atomic E-state index is 11.9. The third-order valence-corrected chi connectivity index (χ3v) is 5.26. The smallest absolute Gasteiger partial charge is 0.311 e. The van der Waals surface area contributed by atoms with Crippen LogP contribution in [0.1, 0.15) is 32.6 Å². The third kappa shape index (κ3) is 3.42. The molecule has 0 aromatic carbocycles. The number of nitrogens with one attached hydrogen (secondary N) is 2. The van der Waals surface area contributed by atoms with Gasteiger partial charge in [-0.3, -0.25) is 14.9 Å². The van der Waals surface area contributed by atoms with E-state index in [1.165, 1.54) is 0 Å². The standard InChI is InChI=1S/C13H22N2O3S/c1-9-2-4-13(5-3-9,12(17)18)7-14-11(16)10-6-19-8-15-10/h9-10,15H,2-8H2,1H3,(H,14,16)(H,17,18). The van der Waals surface area contributed by atoms with E-state index < -0.39 is 11.4 Å². The Morgan fingerprint density at radius 3 is 2.63 bits per heavy atom. The van der Waals surface area contributed by atoms with Gasteiger partial charge in [0.05, 0.1) is 11.5 Å². The molecule has 5 nitrogen and oxygen atoms in total. The number of thioether (sulfide) groups is 1.